The van der Waals surface area contributed by atoms with Crippen LogP contribution >= 0.6 is 0 Å². The molecule has 2 aromatic carbocycles. The summed E-state index contributed by atoms with van der Waals surface area (Å²) in [5.74, 6) is -1.38. The summed E-state index contributed by atoms with van der Waals surface area (Å²) in [4.78, 5) is 26.4. The van der Waals surface area contributed by atoms with Gasteiger partial charge in [0, 0.05) is 24.1 Å². The van der Waals surface area contributed by atoms with E-state index in [1.54, 1.807) is 24.3 Å². The number of carbonyl (C=O) groups excluding carboxylic acids is 1. The number of carbonyl (C=O) groups is 1. The van der Waals surface area contributed by atoms with Crippen LogP contribution in [-0.4, -0.2) is 41.3 Å². The molecular formula is C24H25F2N3O3. The third-order valence-electron chi connectivity index (χ3n) is 4.72. The van der Waals surface area contributed by atoms with Gasteiger partial charge in [-0.3, -0.25) is 9.59 Å². The van der Waals surface area contributed by atoms with Gasteiger partial charge in [-0.2, -0.15) is 5.10 Å². The first-order valence-corrected chi connectivity index (χ1v) is 10.3. The first-order valence-electron chi connectivity index (χ1n) is 10.3. The van der Waals surface area contributed by atoms with Crippen molar-refractivity contribution >= 4 is 5.97 Å². The molecule has 0 atom stereocenters. The van der Waals surface area contributed by atoms with Gasteiger partial charge in [0.1, 0.15) is 17.4 Å². The van der Waals surface area contributed by atoms with Crippen molar-refractivity contribution in [3.8, 4) is 17.0 Å². The summed E-state index contributed by atoms with van der Waals surface area (Å²) in [6.45, 7) is 1.02. The summed E-state index contributed by atoms with van der Waals surface area (Å²) in [5.41, 5.74) is 0.825. The van der Waals surface area contributed by atoms with Crippen LogP contribution in [0.1, 0.15) is 24.8 Å². The molecule has 0 bridgehead atoms. The predicted molar refractivity (Wildman–Crippen MR) is 117 cm³/mol. The molecule has 168 valence electrons. The molecule has 0 aliphatic carbocycles. The molecule has 0 radical (unpaired) electrons. The molecule has 3 rings (SSSR count). The van der Waals surface area contributed by atoms with Crippen molar-refractivity contribution in [2.45, 2.75) is 25.8 Å². The summed E-state index contributed by atoms with van der Waals surface area (Å²) in [6.07, 6.45) is 1.97. The average Bonchev–Trinajstić information content (AvgIpc) is 2.72. The predicted octanol–water partition coefficient (Wildman–Crippen LogP) is 3.87. The van der Waals surface area contributed by atoms with Gasteiger partial charge in [-0.05, 0) is 69.4 Å². The lowest BCUT2D eigenvalue weighted by atomic mass is 10.1. The number of unbranched alkanes of at least 4 members (excludes halogenated alkanes) is 1. The molecule has 3 aromatic rings. The van der Waals surface area contributed by atoms with E-state index < -0.39 is 11.6 Å². The van der Waals surface area contributed by atoms with Crippen LogP contribution in [0.15, 0.2) is 59.4 Å². The summed E-state index contributed by atoms with van der Waals surface area (Å²) >= 11 is 0. The van der Waals surface area contributed by atoms with Crippen LogP contribution in [-0.2, 0) is 11.3 Å². The van der Waals surface area contributed by atoms with Crippen LogP contribution in [0.25, 0.3) is 11.3 Å². The molecule has 0 saturated heterocycles. The molecule has 1 aromatic heterocycles. The minimum Gasteiger partial charge on any atom is -0.427 e. The van der Waals surface area contributed by atoms with Gasteiger partial charge in [-0.15, -0.1) is 0 Å². The molecule has 0 N–H and O–H groups in total. The number of aromatic nitrogens is 2. The van der Waals surface area contributed by atoms with Crippen molar-refractivity contribution in [2.75, 3.05) is 20.6 Å². The second kappa shape index (κ2) is 10.8. The number of benzene rings is 2. The number of halogens is 2. The van der Waals surface area contributed by atoms with E-state index >= 15 is 0 Å². The molecular weight excluding hydrogens is 416 g/mol. The maximum atomic E-state index is 13.5. The first kappa shape index (κ1) is 23.3. The first-order chi connectivity index (χ1) is 15.3. The molecule has 0 fully saturated rings. The fourth-order valence-corrected chi connectivity index (χ4v) is 3.18. The number of ether oxygens (including phenoxy) is 1. The topological polar surface area (TPSA) is 64.4 Å². The zero-order valence-corrected chi connectivity index (χ0v) is 18.1. The normalized spacial score (nSPS) is 11.0. The molecule has 0 amide bonds. The van der Waals surface area contributed by atoms with Crippen LogP contribution in [0, 0.1) is 11.6 Å². The Morgan fingerprint density at radius 1 is 1.03 bits per heavy atom. The molecule has 0 unspecified atom stereocenters. The third-order valence-corrected chi connectivity index (χ3v) is 4.72. The SMILES string of the molecule is CN(C)CCCCC(=O)Oc1cccc(Cn2nc(-c3cc(F)cc(F)c3)ccc2=O)c1. The Morgan fingerprint density at radius 2 is 1.78 bits per heavy atom. The average molecular weight is 441 g/mol. The van der Waals surface area contributed by atoms with E-state index in [0.717, 1.165) is 37.6 Å². The Morgan fingerprint density at radius 3 is 2.50 bits per heavy atom. The van der Waals surface area contributed by atoms with Crippen molar-refractivity contribution < 1.29 is 18.3 Å². The fraction of sp³-hybridized carbons (Fsp3) is 0.292. The number of rotatable bonds is 9. The highest BCUT2D eigenvalue weighted by Gasteiger charge is 2.09. The number of esters is 1. The highest BCUT2D eigenvalue weighted by Crippen LogP contribution is 2.19. The maximum absolute atomic E-state index is 13.5. The van der Waals surface area contributed by atoms with E-state index in [4.69, 9.17) is 4.74 Å². The number of hydrogen-bond acceptors (Lipinski definition) is 5. The lowest BCUT2D eigenvalue weighted by Gasteiger charge is -2.10. The van der Waals surface area contributed by atoms with E-state index in [9.17, 15) is 18.4 Å². The van der Waals surface area contributed by atoms with Crippen LogP contribution < -0.4 is 10.3 Å². The van der Waals surface area contributed by atoms with Crippen molar-refractivity contribution in [3.05, 3.63) is 82.1 Å². The fourth-order valence-electron chi connectivity index (χ4n) is 3.18. The van der Waals surface area contributed by atoms with Gasteiger partial charge >= 0.3 is 5.97 Å². The van der Waals surface area contributed by atoms with E-state index in [1.165, 1.54) is 16.8 Å². The monoisotopic (exact) mass is 441 g/mol. The smallest absolute Gasteiger partial charge is 0.311 e. The van der Waals surface area contributed by atoms with Crippen molar-refractivity contribution in [1.29, 1.82) is 0 Å². The van der Waals surface area contributed by atoms with Gasteiger partial charge in [-0.1, -0.05) is 12.1 Å². The molecule has 1 heterocycles. The molecule has 0 saturated carbocycles. The second-order valence-electron chi connectivity index (χ2n) is 7.75. The largest absolute Gasteiger partial charge is 0.427 e. The minimum atomic E-state index is -0.726. The van der Waals surface area contributed by atoms with Gasteiger partial charge in [0.2, 0.25) is 0 Å². The van der Waals surface area contributed by atoms with Crippen molar-refractivity contribution in [2.24, 2.45) is 0 Å². The number of nitrogens with zero attached hydrogens (tertiary/aromatic N) is 3. The molecule has 8 heteroatoms. The summed E-state index contributed by atoms with van der Waals surface area (Å²) in [7, 11) is 3.96. The van der Waals surface area contributed by atoms with Gasteiger partial charge in [0.15, 0.2) is 0 Å². The molecule has 32 heavy (non-hydrogen) atoms. The Kier molecular flexibility index (Phi) is 7.83. The lowest BCUT2D eigenvalue weighted by molar-refractivity contribution is -0.134. The van der Waals surface area contributed by atoms with Crippen LogP contribution in [0.4, 0.5) is 8.78 Å². The Labute approximate surface area is 185 Å². The van der Waals surface area contributed by atoms with E-state index in [0.29, 0.717) is 17.7 Å². The standard InChI is InChI=1S/C24H25F2N3O3/c1-28(2)11-4-3-8-24(31)32-21-7-5-6-17(12-21)16-29-23(30)10-9-22(27-29)18-13-19(25)15-20(26)14-18/h5-7,9-10,12-15H,3-4,8,11,16H2,1-2H3. The highest BCUT2D eigenvalue weighted by atomic mass is 19.1. The third kappa shape index (κ3) is 6.81. The minimum absolute atomic E-state index is 0.110. The lowest BCUT2D eigenvalue weighted by Crippen LogP contribution is -2.23. The Bertz CT molecular complexity index is 1130. The van der Waals surface area contributed by atoms with Gasteiger partial charge < -0.3 is 9.64 Å². The van der Waals surface area contributed by atoms with Crippen LogP contribution in [0.5, 0.6) is 5.75 Å². The van der Waals surface area contributed by atoms with E-state index in [2.05, 4.69) is 10.00 Å². The highest BCUT2D eigenvalue weighted by molar-refractivity contribution is 5.72. The molecule has 0 spiro atoms. The van der Waals surface area contributed by atoms with E-state index in [-0.39, 0.29) is 29.3 Å². The molecule has 6 nitrogen and oxygen atoms in total. The molecule has 0 aliphatic heterocycles. The van der Waals surface area contributed by atoms with Crippen molar-refractivity contribution in [3.63, 3.8) is 0 Å². The quantitative estimate of drug-likeness (QED) is 0.287. The van der Waals surface area contributed by atoms with Crippen LogP contribution in [0.2, 0.25) is 0 Å². The van der Waals surface area contributed by atoms with Crippen LogP contribution in [0.3, 0.4) is 0 Å². The van der Waals surface area contributed by atoms with Gasteiger partial charge in [0.05, 0.1) is 12.2 Å². The summed E-state index contributed by atoms with van der Waals surface area (Å²) in [6, 6.07) is 12.6. The Hall–Kier alpha value is -3.39. The van der Waals surface area contributed by atoms with E-state index in [1.807, 2.05) is 14.1 Å². The zero-order chi connectivity index (χ0) is 23.1. The zero-order valence-electron chi connectivity index (χ0n) is 18.1. The summed E-state index contributed by atoms with van der Waals surface area (Å²) < 4.78 is 33.7. The Balaban J connectivity index is 1.70. The maximum Gasteiger partial charge on any atom is 0.311 e. The second-order valence-corrected chi connectivity index (χ2v) is 7.75. The molecule has 0 aliphatic rings. The summed E-state index contributed by atoms with van der Waals surface area (Å²) in [5, 5.41) is 4.23. The van der Waals surface area contributed by atoms with Gasteiger partial charge in [0.25, 0.3) is 5.56 Å². The number of hydrogen-bond donors (Lipinski definition) is 0. The van der Waals surface area contributed by atoms with Crippen molar-refractivity contribution in [1.82, 2.24) is 14.7 Å². The van der Waals surface area contributed by atoms with Gasteiger partial charge in [-0.25, -0.2) is 13.5 Å².